The van der Waals surface area contributed by atoms with Gasteiger partial charge < -0.3 is 20.5 Å². The molecule has 21 heavy (non-hydrogen) atoms. The Hall–Kier alpha value is -2.68. The smallest absolute Gasteiger partial charge is 0.330 e. The average molecular weight is 297 g/mol. The van der Waals surface area contributed by atoms with Crippen LogP contribution in [0, 0.1) is 10.1 Å². The first kappa shape index (κ1) is 16.4. The number of anilines is 1. The summed E-state index contributed by atoms with van der Waals surface area (Å²) in [7, 11) is 2.54. The molecule has 1 aromatic carbocycles. The highest BCUT2D eigenvalue weighted by Gasteiger charge is 2.23. The molecule has 0 fully saturated rings. The highest BCUT2D eigenvalue weighted by atomic mass is 16.6. The fourth-order valence-corrected chi connectivity index (χ4v) is 1.60. The maximum atomic E-state index is 11.5. The number of nitro benzene ring substituents is 1. The molecule has 114 valence electrons. The molecule has 0 saturated carbocycles. The van der Waals surface area contributed by atoms with Crippen molar-refractivity contribution in [1.82, 2.24) is 5.32 Å². The Morgan fingerprint density at radius 1 is 1.48 bits per heavy atom. The Bertz CT molecular complexity index is 560. The second-order valence-electron chi connectivity index (χ2n) is 3.97. The van der Waals surface area contributed by atoms with Gasteiger partial charge in [-0.1, -0.05) is 0 Å². The summed E-state index contributed by atoms with van der Waals surface area (Å²) in [6, 6.07) is 2.58. The molecule has 1 aromatic rings. The van der Waals surface area contributed by atoms with Crippen LogP contribution >= 0.6 is 0 Å². The largest absolute Gasteiger partial charge is 0.467 e. The van der Waals surface area contributed by atoms with Crippen LogP contribution in [0.5, 0.6) is 0 Å². The minimum atomic E-state index is -1.14. The number of amides is 1. The van der Waals surface area contributed by atoms with Crippen molar-refractivity contribution in [2.75, 3.05) is 26.1 Å². The number of hydrogen-bond donors (Lipinski definition) is 3. The number of nitrogens with one attached hydrogen (secondary N) is 2. The van der Waals surface area contributed by atoms with E-state index in [-0.39, 0.29) is 11.3 Å². The first-order valence-electron chi connectivity index (χ1n) is 5.90. The summed E-state index contributed by atoms with van der Waals surface area (Å²) in [6.07, 6.45) is 0. The fraction of sp³-hybridized carbons (Fsp3) is 0.333. The summed E-state index contributed by atoms with van der Waals surface area (Å²) >= 11 is 0. The van der Waals surface area contributed by atoms with E-state index in [4.69, 9.17) is 5.11 Å². The lowest BCUT2D eigenvalue weighted by Crippen LogP contribution is -2.34. The van der Waals surface area contributed by atoms with Gasteiger partial charge in [-0.05, 0) is 12.1 Å². The third kappa shape index (κ3) is 3.89. The molecule has 0 spiro atoms. The number of aliphatic hydroxyl groups excluding tert-OH is 1. The van der Waals surface area contributed by atoms with Gasteiger partial charge in [0.25, 0.3) is 11.6 Å². The lowest BCUT2D eigenvalue weighted by atomic mass is 10.1. The van der Waals surface area contributed by atoms with Gasteiger partial charge in [0.15, 0.2) is 0 Å². The number of hydrogen-bond acceptors (Lipinski definition) is 7. The molecule has 3 N–H and O–H groups in total. The van der Waals surface area contributed by atoms with E-state index < -0.39 is 35.1 Å². The Labute approximate surface area is 120 Å². The van der Waals surface area contributed by atoms with Gasteiger partial charge in [-0.3, -0.25) is 14.9 Å². The summed E-state index contributed by atoms with van der Waals surface area (Å²) in [5.41, 5.74) is -0.288. The third-order valence-corrected chi connectivity index (χ3v) is 2.68. The monoisotopic (exact) mass is 297 g/mol. The first-order valence-corrected chi connectivity index (χ1v) is 5.90. The molecule has 0 aliphatic rings. The van der Waals surface area contributed by atoms with Gasteiger partial charge in [-0.25, -0.2) is 4.79 Å². The predicted octanol–water partition coefficient (Wildman–Crippen LogP) is -0.0998. The maximum Gasteiger partial charge on any atom is 0.330 e. The minimum absolute atomic E-state index is 0.00268. The molecular formula is C12H15N3O6. The van der Waals surface area contributed by atoms with Crippen LogP contribution in [0.15, 0.2) is 18.2 Å². The predicted molar refractivity (Wildman–Crippen MR) is 73.0 cm³/mol. The van der Waals surface area contributed by atoms with Crippen molar-refractivity contribution in [3.8, 4) is 0 Å². The van der Waals surface area contributed by atoms with E-state index in [1.165, 1.54) is 19.2 Å². The second-order valence-corrected chi connectivity index (χ2v) is 3.97. The number of carbonyl (C=O) groups is 2. The number of nitrogens with zero attached hydrogens (tertiary/aromatic N) is 1. The molecule has 0 aliphatic carbocycles. The average Bonchev–Trinajstić information content (AvgIpc) is 2.50. The van der Waals surface area contributed by atoms with Crippen molar-refractivity contribution >= 4 is 23.3 Å². The first-order chi connectivity index (χ1) is 9.94. The summed E-state index contributed by atoms with van der Waals surface area (Å²) in [5.74, 6) is -1.24. The van der Waals surface area contributed by atoms with Crippen LogP contribution in [0.3, 0.4) is 0 Å². The number of aliphatic hydroxyl groups is 1. The van der Waals surface area contributed by atoms with Crippen LogP contribution in [-0.2, 0) is 9.53 Å². The highest BCUT2D eigenvalue weighted by Crippen LogP contribution is 2.26. The van der Waals surface area contributed by atoms with Crippen LogP contribution in [-0.4, -0.2) is 48.7 Å². The van der Waals surface area contributed by atoms with Gasteiger partial charge in [-0.15, -0.1) is 0 Å². The number of carbonyl (C=O) groups excluding carboxylic acids is 2. The zero-order chi connectivity index (χ0) is 16.0. The standard InChI is InChI=1S/C12H15N3O6/c1-13-11(17)7-3-4-8(10(5-7)15(19)20)14-9(6-16)12(18)21-2/h3-5,9,14,16H,6H2,1-2H3,(H,13,17). The van der Waals surface area contributed by atoms with Gasteiger partial charge in [0.1, 0.15) is 11.7 Å². The number of esters is 1. The number of benzene rings is 1. The molecule has 0 saturated heterocycles. The summed E-state index contributed by atoms with van der Waals surface area (Å²) < 4.78 is 4.46. The Kier molecular flexibility index (Phi) is 5.61. The molecule has 1 rings (SSSR count). The third-order valence-electron chi connectivity index (χ3n) is 2.68. The summed E-state index contributed by atoms with van der Waals surface area (Å²) in [4.78, 5) is 33.2. The Morgan fingerprint density at radius 3 is 2.62 bits per heavy atom. The van der Waals surface area contributed by atoms with Crippen molar-refractivity contribution in [3.05, 3.63) is 33.9 Å². The van der Waals surface area contributed by atoms with E-state index in [1.807, 2.05) is 0 Å². The zero-order valence-electron chi connectivity index (χ0n) is 11.5. The lowest BCUT2D eigenvalue weighted by Gasteiger charge is -2.15. The summed E-state index contributed by atoms with van der Waals surface area (Å²) in [6.45, 7) is -0.596. The normalized spacial score (nSPS) is 11.4. The Balaban J connectivity index is 3.15. The number of nitro groups is 1. The van der Waals surface area contributed by atoms with Crippen LogP contribution in [0.1, 0.15) is 10.4 Å². The van der Waals surface area contributed by atoms with Gasteiger partial charge in [-0.2, -0.15) is 0 Å². The van der Waals surface area contributed by atoms with Crippen molar-refractivity contribution in [3.63, 3.8) is 0 Å². The molecule has 0 heterocycles. The number of rotatable bonds is 6. The number of methoxy groups -OCH3 is 1. The van der Waals surface area contributed by atoms with Crippen LogP contribution in [0.25, 0.3) is 0 Å². The molecule has 9 nitrogen and oxygen atoms in total. The minimum Gasteiger partial charge on any atom is -0.467 e. The second kappa shape index (κ2) is 7.20. The number of ether oxygens (including phenoxy) is 1. The van der Waals surface area contributed by atoms with Crippen molar-refractivity contribution in [1.29, 1.82) is 0 Å². The molecule has 0 aromatic heterocycles. The highest BCUT2D eigenvalue weighted by molar-refractivity contribution is 5.95. The van der Waals surface area contributed by atoms with Crippen LogP contribution in [0.2, 0.25) is 0 Å². The molecule has 1 unspecified atom stereocenters. The lowest BCUT2D eigenvalue weighted by molar-refractivity contribution is -0.384. The quantitative estimate of drug-likeness (QED) is 0.379. The maximum absolute atomic E-state index is 11.5. The zero-order valence-corrected chi connectivity index (χ0v) is 11.5. The fourth-order valence-electron chi connectivity index (χ4n) is 1.60. The van der Waals surface area contributed by atoms with Gasteiger partial charge in [0.2, 0.25) is 0 Å². The van der Waals surface area contributed by atoms with E-state index in [2.05, 4.69) is 15.4 Å². The van der Waals surface area contributed by atoms with Gasteiger partial charge in [0.05, 0.1) is 18.6 Å². The van der Waals surface area contributed by atoms with Crippen molar-refractivity contribution in [2.24, 2.45) is 0 Å². The van der Waals surface area contributed by atoms with E-state index in [0.717, 1.165) is 13.2 Å². The van der Waals surface area contributed by atoms with Crippen molar-refractivity contribution < 1.29 is 24.4 Å². The van der Waals surface area contributed by atoms with Crippen LogP contribution in [0.4, 0.5) is 11.4 Å². The van der Waals surface area contributed by atoms with E-state index >= 15 is 0 Å². The van der Waals surface area contributed by atoms with E-state index in [1.54, 1.807) is 0 Å². The molecule has 9 heteroatoms. The summed E-state index contributed by atoms with van der Waals surface area (Å²) in [5, 5.41) is 25.0. The SMILES string of the molecule is CNC(=O)c1ccc(NC(CO)C(=O)OC)c([N+](=O)[O-])c1. The van der Waals surface area contributed by atoms with Crippen LogP contribution < -0.4 is 10.6 Å². The molecule has 0 aliphatic heterocycles. The van der Waals surface area contributed by atoms with E-state index in [9.17, 15) is 19.7 Å². The molecule has 0 radical (unpaired) electrons. The molecule has 0 bridgehead atoms. The molecule has 1 amide bonds. The van der Waals surface area contributed by atoms with Gasteiger partial charge in [0, 0.05) is 18.7 Å². The molecule has 1 atom stereocenters. The van der Waals surface area contributed by atoms with Gasteiger partial charge >= 0.3 is 5.97 Å². The van der Waals surface area contributed by atoms with E-state index in [0.29, 0.717) is 0 Å². The topological polar surface area (TPSA) is 131 Å². The Morgan fingerprint density at radius 2 is 2.14 bits per heavy atom. The van der Waals surface area contributed by atoms with Crippen molar-refractivity contribution in [2.45, 2.75) is 6.04 Å². The molecular weight excluding hydrogens is 282 g/mol.